The summed E-state index contributed by atoms with van der Waals surface area (Å²) in [5.74, 6) is 0.282. The second-order valence-corrected chi connectivity index (χ2v) is 7.36. The van der Waals surface area contributed by atoms with Gasteiger partial charge in [0.2, 0.25) is 5.91 Å². The van der Waals surface area contributed by atoms with Crippen LogP contribution in [0.2, 0.25) is 0 Å². The SMILES string of the molecule is CCCCCCCCCCCCCCCC(=O)N(CCC)N(C)C. The zero-order valence-corrected chi connectivity index (χ0v) is 17.1. The lowest BCUT2D eigenvalue weighted by Gasteiger charge is -2.28. The fraction of sp³-hybridized carbons (Fsp3) is 0.952. The Morgan fingerprint density at radius 3 is 1.42 bits per heavy atom. The molecule has 0 bridgehead atoms. The third kappa shape index (κ3) is 13.8. The van der Waals surface area contributed by atoms with E-state index in [1.54, 1.807) is 0 Å². The summed E-state index contributed by atoms with van der Waals surface area (Å²) in [5.41, 5.74) is 0. The van der Waals surface area contributed by atoms with Crippen LogP contribution in [0.25, 0.3) is 0 Å². The fourth-order valence-corrected chi connectivity index (χ4v) is 3.18. The van der Waals surface area contributed by atoms with Crippen LogP contribution in [0, 0.1) is 0 Å². The minimum absolute atomic E-state index is 0.282. The highest BCUT2D eigenvalue weighted by molar-refractivity contribution is 5.75. The van der Waals surface area contributed by atoms with Gasteiger partial charge in [-0.2, -0.15) is 0 Å². The number of unbranched alkanes of at least 4 members (excludes halogenated alkanes) is 12. The summed E-state index contributed by atoms with van der Waals surface area (Å²) in [4.78, 5) is 12.2. The smallest absolute Gasteiger partial charge is 0.236 e. The van der Waals surface area contributed by atoms with Gasteiger partial charge in [-0.05, 0) is 12.8 Å². The molecule has 3 heteroatoms. The Kier molecular flexibility index (Phi) is 16.8. The first-order valence-electron chi connectivity index (χ1n) is 10.6. The fourth-order valence-electron chi connectivity index (χ4n) is 3.18. The predicted octanol–water partition coefficient (Wildman–Crippen LogP) is 6.18. The van der Waals surface area contributed by atoms with E-state index in [4.69, 9.17) is 0 Å². The maximum atomic E-state index is 12.2. The molecule has 1 amide bonds. The highest BCUT2D eigenvalue weighted by Gasteiger charge is 2.13. The highest BCUT2D eigenvalue weighted by atomic mass is 16.2. The molecular weight excluding hydrogens is 296 g/mol. The maximum Gasteiger partial charge on any atom is 0.236 e. The van der Waals surface area contributed by atoms with Crippen LogP contribution in [0.3, 0.4) is 0 Å². The van der Waals surface area contributed by atoms with Crippen LogP contribution in [-0.2, 0) is 4.79 Å². The topological polar surface area (TPSA) is 23.6 Å². The number of carbonyl (C=O) groups excluding carboxylic acids is 1. The van der Waals surface area contributed by atoms with Crippen molar-refractivity contribution in [2.24, 2.45) is 0 Å². The van der Waals surface area contributed by atoms with Crippen LogP contribution in [0.4, 0.5) is 0 Å². The molecule has 0 saturated carbocycles. The molecule has 0 aliphatic heterocycles. The lowest BCUT2D eigenvalue weighted by Crippen LogP contribution is -2.42. The van der Waals surface area contributed by atoms with Crippen LogP contribution in [0.15, 0.2) is 0 Å². The van der Waals surface area contributed by atoms with Gasteiger partial charge >= 0.3 is 0 Å². The van der Waals surface area contributed by atoms with Crippen LogP contribution >= 0.6 is 0 Å². The van der Waals surface area contributed by atoms with Gasteiger partial charge in [0.15, 0.2) is 0 Å². The van der Waals surface area contributed by atoms with Gasteiger partial charge in [0, 0.05) is 27.1 Å². The van der Waals surface area contributed by atoms with E-state index in [0.717, 1.165) is 19.4 Å². The number of hydrazine groups is 1. The summed E-state index contributed by atoms with van der Waals surface area (Å²) in [5, 5.41) is 3.80. The summed E-state index contributed by atoms with van der Waals surface area (Å²) in [6.07, 6.45) is 19.3. The molecule has 0 rings (SSSR count). The van der Waals surface area contributed by atoms with Crippen molar-refractivity contribution in [1.82, 2.24) is 10.0 Å². The lowest BCUT2D eigenvalue weighted by atomic mass is 10.0. The van der Waals surface area contributed by atoms with E-state index in [1.165, 1.54) is 77.0 Å². The quantitative estimate of drug-likeness (QED) is 0.233. The Morgan fingerprint density at radius 2 is 1.04 bits per heavy atom. The van der Waals surface area contributed by atoms with Crippen molar-refractivity contribution >= 4 is 5.91 Å². The average molecular weight is 341 g/mol. The molecule has 0 aliphatic rings. The molecule has 3 nitrogen and oxygen atoms in total. The Hall–Kier alpha value is -0.570. The van der Waals surface area contributed by atoms with E-state index in [1.807, 2.05) is 24.1 Å². The Morgan fingerprint density at radius 1 is 0.625 bits per heavy atom. The molecule has 0 aromatic heterocycles. The third-order valence-corrected chi connectivity index (χ3v) is 4.70. The Bertz CT molecular complexity index is 279. The number of carbonyl (C=O) groups is 1. The molecule has 0 heterocycles. The van der Waals surface area contributed by atoms with Gasteiger partial charge in [-0.1, -0.05) is 90.9 Å². The van der Waals surface area contributed by atoms with Gasteiger partial charge < -0.3 is 0 Å². The van der Waals surface area contributed by atoms with Crippen molar-refractivity contribution in [2.75, 3.05) is 20.6 Å². The average Bonchev–Trinajstić information content (AvgIpc) is 2.56. The lowest BCUT2D eigenvalue weighted by molar-refractivity contribution is -0.144. The van der Waals surface area contributed by atoms with Gasteiger partial charge in [0.05, 0.1) is 0 Å². The first-order valence-corrected chi connectivity index (χ1v) is 10.6. The van der Waals surface area contributed by atoms with Crippen molar-refractivity contribution in [3.05, 3.63) is 0 Å². The second kappa shape index (κ2) is 17.3. The molecule has 0 aliphatic carbocycles. The van der Waals surface area contributed by atoms with E-state index in [-0.39, 0.29) is 5.91 Å². The monoisotopic (exact) mass is 340 g/mol. The van der Waals surface area contributed by atoms with Crippen LogP contribution in [0.5, 0.6) is 0 Å². The standard InChI is InChI=1S/C21H44N2O/c1-5-7-8-9-10-11-12-13-14-15-16-17-18-19-21(24)23(20-6-2)22(3)4/h5-20H2,1-4H3. The van der Waals surface area contributed by atoms with E-state index in [0.29, 0.717) is 6.42 Å². The highest BCUT2D eigenvalue weighted by Crippen LogP contribution is 2.13. The summed E-state index contributed by atoms with van der Waals surface area (Å²) < 4.78 is 0. The molecule has 0 saturated heterocycles. The molecule has 0 fully saturated rings. The van der Waals surface area contributed by atoms with Gasteiger partial charge in [0.1, 0.15) is 0 Å². The molecular formula is C21H44N2O. The normalized spacial score (nSPS) is 11.2. The Balaban J connectivity index is 3.37. The summed E-state index contributed by atoms with van der Waals surface area (Å²) >= 11 is 0. The number of hydrogen-bond donors (Lipinski definition) is 0. The van der Waals surface area contributed by atoms with Gasteiger partial charge in [-0.15, -0.1) is 0 Å². The molecule has 144 valence electrons. The van der Waals surface area contributed by atoms with Crippen molar-refractivity contribution in [1.29, 1.82) is 0 Å². The zero-order chi connectivity index (χ0) is 18.0. The zero-order valence-electron chi connectivity index (χ0n) is 17.1. The van der Waals surface area contributed by atoms with Crippen LogP contribution in [0.1, 0.15) is 110 Å². The molecule has 0 radical (unpaired) electrons. The molecule has 0 aromatic rings. The molecule has 24 heavy (non-hydrogen) atoms. The minimum atomic E-state index is 0.282. The Labute approximate surface area is 152 Å². The minimum Gasteiger partial charge on any atom is -0.276 e. The second-order valence-electron chi connectivity index (χ2n) is 7.36. The largest absolute Gasteiger partial charge is 0.276 e. The van der Waals surface area contributed by atoms with E-state index < -0.39 is 0 Å². The first kappa shape index (κ1) is 23.4. The van der Waals surface area contributed by atoms with E-state index in [9.17, 15) is 4.79 Å². The molecule has 0 aromatic carbocycles. The van der Waals surface area contributed by atoms with Crippen molar-refractivity contribution < 1.29 is 4.79 Å². The summed E-state index contributed by atoms with van der Waals surface area (Å²) in [6, 6.07) is 0. The van der Waals surface area contributed by atoms with Crippen LogP contribution < -0.4 is 0 Å². The van der Waals surface area contributed by atoms with E-state index >= 15 is 0 Å². The van der Waals surface area contributed by atoms with Crippen molar-refractivity contribution in [3.63, 3.8) is 0 Å². The predicted molar refractivity (Wildman–Crippen MR) is 106 cm³/mol. The number of rotatable bonds is 17. The molecule has 0 unspecified atom stereocenters. The number of hydrogen-bond acceptors (Lipinski definition) is 2. The molecule has 0 spiro atoms. The summed E-state index contributed by atoms with van der Waals surface area (Å²) in [6.45, 7) is 5.23. The van der Waals surface area contributed by atoms with Gasteiger partial charge in [-0.25, -0.2) is 5.01 Å². The van der Waals surface area contributed by atoms with Crippen molar-refractivity contribution in [3.8, 4) is 0 Å². The van der Waals surface area contributed by atoms with E-state index in [2.05, 4.69) is 13.8 Å². The summed E-state index contributed by atoms with van der Waals surface area (Å²) in [7, 11) is 3.91. The van der Waals surface area contributed by atoms with Crippen molar-refractivity contribution in [2.45, 2.75) is 110 Å². The van der Waals surface area contributed by atoms with Crippen LogP contribution in [-0.4, -0.2) is 36.6 Å². The molecule has 0 atom stereocenters. The van der Waals surface area contributed by atoms with Gasteiger partial charge in [0.25, 0.3) is 0 Å². The molecule has 0 N–H and O–H groups in total. The third-order valence-electron chi connectivity index (χ3n) is 4.70. The van der Waals surface area contributed by atoms with Gasteiger partial charge in [-0.3, -0.25) is 9.80 Å². The first-order chi connectivity index (χ1) is 11.6. The number of amides is 1. The maximum absolute atomic E-state index is 12.2. The number of nitrogens with zero attached hydrogens (tertiary/aromatic N) is 2.